The third kappa shape index (κ3) is 4.37. The molecule has 0 bridgehead atoms. The van der Waals surface area contributed by atoms with Crippen LogP contribution in [0, 0.1) is 5.92 Å². The summed E-state index contributed by atoms with van der Waals surface area (Å²) >= 11 is 0. The number of pyridine rings is 2. The number of likely N-dealkylation sites (tertiary alicyclic amines) is 1. The normalized spacial score (nSPS) is 18.9. The van der Waals surface area contributed by atoms with Crippen LogP contribution in [0.4, 0.5) is 17.3 Å². The number of hydrogen-bond donors (Lipinski definition) is 2. The molecule has 4 heterocycles. The van der Waals surface area contributed by atoms with E-state index in [0.717, 1.165) is 49.0 Å². The fourth-order valence-corrected chi connectivity index (χ4v) is 5.01. The molecular formula is C26H33N5O. The fraction of sp³-hybridized carbons (Fsp3) is 0.462. The summed E-state index contributed by atoms with van der Waals surface area (Å²) in [4.78, 5) is 25.1. The maximum Gasteiger partial charge on any atom is 0.259 e. The zero-order valence-electron chi connectivity index (χ0n) is 19.1. The second-order valence-electron chi connectivity index (χ2n) is 9.59. The van der Waals surface area contributed by atoms with E-state index in [1.54, 1.807) is 6.20 Å². The molecule has 6 heteroatoms. The molecule has 5 rings (SSSR count). The first-order valence-electron chi connectivity index (χ1n) is 11.9. The molecule has 0 spiro atoms. The quantitative estimate of drug-likeness (QED) is 0.626. The van der Waals surface area contributed by atoms with Crippen LogP contribution in [-0.2, 0) is 0 Å². The number of hydrogen-bond acceptors (Lipinski definition) is 5. The van der Waals surface area contributed by atoms with Crippen LogP contribution in [0.3, 0.4) is 0 Å². The van der Waals surface area contributed by atoms with Gasteiger partial charge < -0.3 is 20.1 Å². The lowest BCUT2D eigenvalue weighted by Gasteiger charge is -2.31. The summed E-state index contributed by atoms with van der Waals surface area (Å²) in [7, 11) is 2.20. The van der Waals surface area contributed by atoms with Gasteiger partial charge in [-0.25, -0.2) is 4.98 Å². The molecule has 3 aromatic rings. The van der Waals surface area contributed by atoms with E-state index in [4.69, 9.17) is 4.98 Å². The zero-order valence-corrected chi connectivity index (χ0v) is 19.1. The molecular weight excluding hydrogens is 398 g/mol. The molecule has 2 aliphatic rings. The summed E-state index contributed by atoms with van der Waals surface area (Å²) in [6.45, 7) is 6.64. The maximum absolute atomic E-state index is 12.7. The lowest BCUT2D eigenvalue weighted by molar-refractivity contribution is 0.255. The second-order valence-corrected chi connectivity index (χ2v) is 9.59. The number of nitrogens with one attached hydrogen (secondary N) is 2. The summed E-state index contributed by atoms with van der Waals surface area (Å²) < 4.78 is 0. The number of benzene rings is 1. The van der Waals surface area contributed by atoms with Crippen LogP contribution in [0.2, 0.25) is 0 Å². The molecule has 2 saturated heterocycles. The molecule has 1 aromatic carbocycles. The predicted octanol–water partition coefficient (Wildman–Crippen LogP) is 4.71. The highest BCUT2D eigenvalue weighted by Gasteiger charge is 2.20. The van der Waals surface area contributed by atoms with Gasteiger partial charge in [0.1, 0.15) is 11.6 Å². The van der Waals surface area contributed by atoms with Gasteiger partial charge in [-0.1, -0.05) is 19.1 Å². The van der Waals surface area contributed by atoms with Crippen molar-refractivity contribution in [3.05, 3.63) is 58.5 Å². The maximum atomic E-state index is 12.7. The second kappa shape index (κ2) is 8.94. The van der Waals surface area contributed by atoms with E-state index < -0.39 is 0 Å². The van der Waals surface area contributed by atoms with Crippen molar-refractivity contribution in [2.24, 2.45) is 5.92 Å². The first-order chi connectivity index (χ1) is 15.6. The minimum Gasteiger partial charge on any atom is -0.357 e. The highest BCUT2D eigenvalue weighted by molar-refractivity contribution is 5.94. The SMILES string of the molecule is CC1CCN(c2cc3cc[nH]c(=O)c3c(Nc3ccc(C4CCN(C)CC4)cc3)n2)CC1. The summed E-state index contributed by atoms with van der Waals surface area (Å²) in [6, 6.07) is 12.7. The number of anilines is 3. The summed E-state index contributed by atoms with van der Waals surface area (Å²) in [5.41, 5.74) is 2.25. The molecule has 2 fully saturated rings. The topological polar surface area (TPSA) is 64.3 Å². The highest BCUT2D eigenvalue weighted by atomic mass is 16.1. The van der Waals surface area contributed by atoms with Crippen molar-refractivity contribution in [2.45, 2.75) is 38.5 Å². The Morgan fingerprint density at radius 1 is 1.00 bits per heavy atom. The van der Waals surface area contributed by atoms with Gasteiger partial charge in [0, 0.05) is 25.0 Å². The van der Waals surface area contributed by atoms with Crippen LogP contribution in [0.25, 0.3) is 10.8 Å². The number of fused-ring (bicyclic) bond motifs is 1. The van der Waals surface area contributed by atoms with Crippen LogP contribution in [0.15, 0.2) is 47.4 Å². The van der Waals surface area contributed by atoms with Crippen LogP contribution in [0.5, 0.6) is 0 Å². The van der Waals surface area contributed by atoms with Gasteiger partial charge in [-0.05, 0) is 92.9 Å². The van der Waals surface area contributed by atoms with Crippen LogP contribution in [-0.4, -0.2) is 48.1 Å². The molecule has 0 saturated carbocycles. The Kier molecular flexibility index (Phi) is 5.87. The number of aromatic amines is 1. The van der Waals surface area contributed by atoms with Crippen molar-refractivity contribution in [3.8, 4) is 0 Å². The highest BCUT2D eigenvalue weighted by Crippen LogP contribution is 2.31. The molecule has 0 aliphatic carbocycles. The number of rotatable bonds is 4. The Morgan fingerprint density at radius 3 is 2.44 bits per heavy atom. The Hall–Kier alpha value is -2.86. The first-order valence-corrected chi connectivity index (χ1v) is 11.9. The van der Waals surface area contributed by atoms with Gasteiger partial charge in [-0.15, -0.1) is 0 Å². The van der Waals surface area contributed by atoms with Gasteiger partial charge in [-0.3, -0.25) is 4.79 Å². The number of nitrogens with zero attached hydrogens (tertiary/aromatic N) is 3. The molecule has 0 unspecified atom stereocenters. The third-order valence-electron chi connectivity index (χ3n) is 7.21. The molecule has 32 heavy (non-hydrogen) atoms. The predicted molar refractivity (Wildman–Crippen MR) is 132 cm³/mol. The van der Waals surface area contributed by atoms with Crippen molar-refractivity contribution in [2.75, 3.05) is 43.4 Å². The van der Waals surface area contributed by atoms with E-state index in [2.05, 4.69) is 64.4 Å². The van der Waals surface area contributed by atoms with Gasteiger partial charge >= 0.3 is 0 Å². The smallest absolute Gasteiger partial charge is 0.259 e. The van der Waals surface area contributed by atoms with Gasteiger partial charge in [0.25, 0.3) is 5.56 Å². The van der Waals surface area contributed by atoms with Crippen LogP contribution < -0.4 is 15.8 Å². The van der Waals surface area contributed by atoms with E-state index >= 15 is 0 Å². The number of aromatic nitrogens is 2. The molecule has 0 atom stereocenters. The number of piperidine rings is 2. The van der Waals surface area contributed by atoms with Crippen LogP contribution >= 0.6 is 0 Å². The summed E-state index contributed by atoms with van der Waals surface area (Å²) in [5, 5.41) is 4.98. The van der Waals surface area contributed by atoms with Gasteiger partial charge in [-0.2, -0.15) is 0 Å². The fourth-order valence-electron chi connectivity index (χ4n) is 5.01. The Labute approximate surface area is 189 Å². The van der Waals surface area contributed by atoms with Crippen molar-refractivity contribution in [1.82, 2.24) is 14.9 Å². The average molecular weight is 432 g/mol. The Balaban J connectivity index is 1.43. The van der Waals surface area contributed by atoms with E-state index in [1.165, 1.54) is 31.2 Å². The van der Waals surface area contributed by atoms with Gasteiger partial charge in [0.15, 0.2) is 0 Å². The average Bonchev–Trinajstić information content (AvgIpc) is 2.80. The van der Waals surface area contributed by atoms with Crippen LogP contribution in [0.1, 0.15) is 44.1 Å². The van der Waals surface area contributed by atoms with Gasteiger partial charge in [0.2, 0.25) is 0 Å². The monoisotopic (exact) mass is 431 g/mol. The Morgan fingerprint density at radius 2 is 1.72 bits per heavy atom. The van der Waals surface area contributed by atoms with E-state index in [1.807, 2.05) is 6.07 Å². The number of H-pyrrole nitrogens is 1. The molecule has 0 amide bonds. The molecule has 2 aromatic heterocycles. The molecule has 6 nitrogen and oxygen atoms in total. The molecule has 2 N–H and O–H groups in total. The summed E-state index contributed by atoms with van der Waals surface area (Å²) in [6.07, 6.45) is 6.49. The summed E-state index contributed by atoms with van der Waals surface area (Å²) in [5.74, 6) is 2.97. The molecule has 0 radical (unpaired) electrons. The standard InChI is InChI=1S/C26H33N5O/c1-18-8-15-31(16-9-18)23-17-21-7-12-27-26(32)24(21)25(29-23)28-22-5-3-19(4-6-22)20-10-13-30(2)14-11-20/h3-7,12,17-18,20H,8-11,13-16H2,1-2H3,(H,27,32)(H,28,29). The van der Waals surface area contributed by atoms with Crippen molar-refractivity contribution in [3.63, 3.8) is 0 Å². The lowest BCUT2D eigenvalue weighted by atomic mass is 9.89. The van der Waals surface area contributed by atoms with Crippen molar-refractivity contribution >= 4 is 28.1 Å². The minimum atomic E-state index is -0.112. The molecule has 168 valence electrons. The third-order valence-corrected chi connectivity index (χ3v) is 7.21. The van der Waals surface area contributed by atoms with Gasteiger partial charge in [0.05, 0.1) is 5.39 Å². The minimum absolute atomic E-state index is 0.112. The van der Waals surface area contributed by atoms with Crippen molar-refractivity contribution < 1.29 is 0 Å². The van der Waals surface area contributed by atoms with E-state index in [0.29, 0.717) is 17.1 Å². The van der Waals surface area contributed by atoms with Crippen molar-refractivity contribution in [1.29, 1.82) is 0 Å². The largest absolute Gasteiger partial charge is 0.357 e. The Bertz CT molecular complexity index is 1120. The zero-order chi connectivity index (χ0) is 22.1. The molecule has 2 aliphatic heterocycles. The van der Waals surface area contributed by atoms with E-state index in [-0.39, 0.29) is 5.56 Å². The lowest BCUT2D eigenvalue weighted by Crippen LogP contribution is -2.33. The first kappa shape index (κ1) is 21.0. The van der Waals surface area contributed by atoms with E-state index in [9.17, 15) is 4.79 Å².